The van der Waals surface area contributed by atoms with E-state index in [0.717, 1.165) is 24.1 Å². The maximum Gasteiger partial charge on any atom is 0.296 e. The monoisotopic (exact) mass is 430 g/mol. The van der Waals surface area contributed by atoms with Gasteiger partial charge in [-0.2, -0.15) is 0 Å². The van der Waals surface area contributed by atoms with Crippen LogP contribution in [0.2, 0.25) is 5.02 Å². The molecule has 3 aromatic rings. The van der Waals surface area contributed by atoms with Gasteiger partial charge in [-0.15, -0.1) is 5.10 Å². The molecular formula is C20H19ClN4O3S. The topological polar surface area (TPSA) is 86.2 Å². The van der Waals surface area contributed by atoms with Crippen molar-refractivity contribution in [3.05, 3.63) is 64.4 Å². The summed E-state index contributed by atoms with van der Waals surface area (Å²) in [4.78, 5) is 17.3. The number of nitrogens with one attached hydrogen (secondary N) is 1. The Morgan fingerprint density at radius 3 is 2.79 bits per heavy atom. The van der Waals surface area contributed by atoms with Crippen LogP contribution in [0.25, 0.3) is 0 Å². The highest BCUT2D eigenvalue weighted by Crippen LogP contribution is 2.29. The van der Waals surface area contributed by atoms with E-state index in [1.807, 2.05) is 12.1 Å². The van der Waals surface area contributed by atoms with E-state index in [2.05, 4.69) is 20.5 Å². The minimum absolute atomic E-state index is 0.221. The van der Waals surface area contributed by atoms with Gasteiger partial charge in [0.2, 0.25) is 5.13 Å². The van der Waals surface area contributed by atoms with Crippen LogP contribution >= 0.6 is 22.9 Å². The van der Waals surface area contributed by atoms with Gasteiger partial charge in [-0.05, 0) is 54.0 Å². The number of rotatable bonds is 6. The van der Waals surface area contributed by atoms with Crippen molar-refractivity contribution >= 4 is 34.0 Å². The maximum absolute atomic E-state index is 12.8. The van der Waals surface area contributed by atoms with Crippen LogP contribution in [0.15, 0.2) is 42.6 Å². The van der Waals surface area contributed by atoms with Gasteiger partial charge >= 0.3 is 0 Å². The molecule has 150 valence electrons. The summed E-state index contributed by atoms with van der Waals surface area (Å²) >= 11 is 7.06. The third kappa shape index (κ3) is 5.09. The molecule has 1 amide bonds. The number of aromatic nitrogens is 3. The van der Waals surface area contributed by atoms with Crippen molar-refractivity contribution in [2.24, 2.45) is 0 Å². The lowest BCUT2D eigenvalue weighted by atomic mass is 9.92. The lowest BCUT2D eigenvalue weighted by molar-refractivity contribution is 0.0837. The van der Waals surface area contributed by atoms with Crippen molar-refractivity contribution in [3.8, 4) is 5.19 Å². The van der Waals surface area contributed by atoms with Gasteiger partial charge in [-0.3, -0.25) is 15.1 Å². The Balaban J connectivity index is 1.40. The van der Waals surface area contributed by atoms with Crippen LogP contribution in [0.1, 0.15) is 40.4 Å². The Hall–Kier alpha value is -2.55. The van der Waals surface area contributed by atoms with Crippen molar-refractivity contribution in [3.63, 3.8) is 0 Å². The third-order valence-corrected chi connectivity index (χ3v) is 5.60. The number of nitrogens with zero attached hydrogens (tertiary/aromatic N) is 3. The van der Waals surface area contributed by atoms with Crippen molar-refractivity contribution in [1.29, 1.82) is 0 Å². The zero-order chi connectivity index (χ0) is 20.1. The first-order valence-corrected chi connectivity index (χ1v) is 10.4. The van der Waals surface area contributed by atoms with E-state index in [-0.39, 0.29) is 11.8 Å². The molecule has 0 atom stereocenters. The number of halogens is 1. The maximum atomic E-state index is 12.8. The SMILES string of the molecule is O=C(Nc1nnc(OCc2ccc(Cl)cc2)s1)c1cccnc1C1CCOCC1. The zero-order valence-electron chi connectivity index (χ0n) is 15.5. The van der Waals surface area contributed by atoms with Gasteiger partial charge in [-0.25, -0.2) is 0 Å². The molecule has 1 aliphatic heterocycles. The van der Waals surface area contributed by atoms with Crippen LogP contribution < -0.4 is 10.1 Å². The minimum atomic E-state index is -0.250. The Labute approximate surface area is 177 Å². The van der Waals surface area contributed by atoms with Crippen molar-refractivity contribution in [1.82, 2.24) is 15.2 Å². The van der Waals surface area contributed by atoms with E-state index >= 15 is 0 Å². The molecule has 0 radical (unpaired) electrons. The summed E-state index contributed by atoms with van der Waals surface area (Å²) in [5.74, 6) is -0.0293. The van der Waals surface area contributed by atoms with Gasteiger partial charge in [0.1, 0.15) is 6.61 Å². The molecule has 7 nitrogen and oxygen atoms in total. The summed E-state index contributed by atoms with van der Waals surface area (Å²) in [6.45, 7) is 1.72. The smallest absolute Gasteiger partial charge is 0.296 e. The number of ether oxygens (including phenoxy) is 2. The predicted octanol–water partition coefficient (Wildman–Crippen LogP) is 4.31. The zero-order valence-corrected chi connectivity index (χ0v) is 17.1. The van der Waals surface area contributed by atoms with Crippen molar-refractivity contribution < 1.29 is 14.3 Å². The Bertz CT molecular complexity index is 974. The molecule has 0 aliphatic carbocycles. The molecule has 1 aliphatic rings. The molecule has 0 bridgehead atoms. The third-order valence-electron chi connectivity index (χ3n) is 4.59. The molecule has 9 heteroatoms. The van der Waals surface area contributed by atoms with Gasteiger partial charge in [0.05, 0.1) is 11.3 Å². The average Bonchev–Trinajstić information content (AvgIpc) is 3.21. The number of carbonyl (C=O) groups excluding carboxylic acids is 1. The van der Waals surface area contributed by atoms with E-state index in [4.69, 9.17) is 21.1 Å². The summed E-state index contributed by atoms with van der Waals surface area (Å²) in [5, 5.41) is 12.2. The molecule has 1 saturated heterocycles. The molecule has 0 spiro atoms. The van der Waals surface area contributed by atoms with E-state index in [9.17, 15) is 4.79 Å². The first-order chi connectivity index (χ1) is 14.2. The molecule has 4 rings (SSSR count). The second kappa shape index (κ2) is 9.30. The van der Waals surface area contributed by atoms with E-state index < -0.39 is 0 Å². The fraction of sp³-hybridized carbons (Fsp3) is 0.300. The Morgan fingerprint density at radius 1 is 1.21 bits per heavy atom. The van der Waals surface area contributed by atoms with Crippen LogP contribution in [0.3, 0.4) is 0 Å². The summed E-state index contributed by atoms with van der Waals surface area (Å²) in [6, 6.07) is 10.9. The van der Waals surface area contributed by atoms with Crippen LogP contribution in [0.4, 0.5) is 5.13 Å². The first kappa shape index (κ1) is 19.8. The Kier molecular flexibility index (Phi) is 6.33. The molecule has 1 aromatic carbocycles. The molecule has 1 fully saturated rings. The summed E-state index contributed by atoms with van der Waals surface area (Å²) in [6.07, 6.45) is 3.44. The summed E-state index contributed by atoms with van der Waals surface area (Å²) in [5.41, 5.74) is 2.32. The van der Waals surface area contributed by atoms with Crippen LogP contribution in [0, 0.1) is 0 Å². The van der Waals surface area contributed by atoms with Gasteiger partial charge in [0, 0.05) is 30.4 Å². The standard InChI is InChI=1S/C20H19ClN4O3S/c21-15-5-3-13(4-6-15)12-28-20-25-24-19(29-20)23-18(26)16-2-1-9-22-17(16)14-7-10-27-11-8-14/h1-6,9,14H,7-8,10-12H2,(H,23,24,26). The number of carbonyl (C=O) groups is 1. The molecule has 29 heavy (non-hydrogen) atoms. The summed E-state index contributed by atoms with van der Waals surface area (Å²) in [7, 11) is 0. The largest absolute Gasteiger partial charge is 0.464 e. The number of hydrogen-bond acceptors (Lipinski definition) is 7. The second-order valence-electron chi connectivity index (χ2n) is 6.57. The quantitative estimate of drug-likeness (QED) is 0.627. The molecular weight excluding hydrogens is 412 g/mol. The van der Waals surface area contributed by atoms with Gasteiger partial charge in [-0.1, -0.05) is 28.8 Å². The number of benzene rings is 1. The number of amides is 1. The molecule has 3 heterocycles. The number of anilines is 1. The van der Waals surface area contributed by atoms with Gasteiger partial charge in [0.15, 0.2) is 0 Å². The van der Waals surface area contributed by atoms with Gasteiger partial charge < -0.3 is 9.47 Å². The first-order valence-electron chi connectivity index (χ1n) is 9.24. The Morgan fingerprint density at radius 2 is 2.00 bits per heavy atom. The number of hydrogen-bond donors (Lipinski definition) is 1. The average molecular weight is 431 g/mol. The normalized spacial score (nSPS) is 14.5. The van der Waals surface area contributed by atoms with E-state index in [1.54, 1.807) is 30.5 Å². The van der Waals surface area contributed by atoms with Crippen LogP contribution in [0.5, 0.6) is 5.19 Å². The lowest BCUT2D eigenvalue weighted by Crippen LogP contribution is -2.20. The molecule has 0 unspecified atom stereocenters. The molecule has 1 N–H and O–H groups in total. The van der Waals surface area contributed by atoms with E-state index in [0.29, 0.717) is 40.7 Å². The fourth-order valence-corrected chi connectivity index (χ4v) is 3.83. The van der Waals surface area contributed by atoms with Crippen molar-refractivity contribution in [2.45, 2.75) is 25.4 Å². The highest BCUT2D eigenvalue weighted by molar-refractivity contribution is 7.17. The number of pyridine rings is 1. The van der Waals surface area contributed by atoms with Crippen LogP contribution in [-0.4, -0.2) is 34.3 Å². The van der Waals surface area contributed by atoms with Crippen LogP contribution in [-0.2, 0) is 11.3 Å². The highest BCUT2D eigenvalue weighted by atomic mass is 35.5. The van der Waals surface area contributed by atoms with Crippen molar-refractivity contribution in [2.75, 3.05) is 18.5 Å². The lowest BCUT2D eigenvalue weighted by Gasteiger charge is -2.23. The van der Waals surface area contributed by atoms with E-state index in [1.165, 1.54) is 11.3 Å². The minimum Gasteiger partial charge on any atom is -0.464 e. The summed E-state index contributed by atoms with van der Waals surface area (Å²) < 4.78 is 11.1. The fourth-order valence-electron chi connectivity index (χ4n) is 3.11. The molecule has 0 saturated carbocycles. The molecule has 2 aromatic heterocycles. The predicted molar refractivity (Wildman–Crippen MR) is 111 cm³/mol. The van der Waals surface area contributed by atoms with Gasteiger partial charge in [0.25, 0.3) is 11.1 Å². The second-order valence-corrected chi connectivity index (χ2v) is 7.94. The highest BCUT2D eigenvalue weighted by Gasteiger charge is 2.23.